The highest BCUT2D eigenvalue weighted by Crippen LogP contribution is 2.22. The van der Waals surface area contributed by atoms with Crippen LogP contribution < -0.4 is 10.7 Å². The Bertz CT molecular complexity index is 1260. The minimum atomic E-state index is -0.496. The first-order valence-electron chi connectivity index (χ1n) is 11.7. The van der Waals surface area contributed by atoms with Gasteiger partial charge in [0.1, 0.15) is 0 Å². The van der Waals surface area contributed by atoms with E-state index in [-0.39, 0.29) is 18.1 Å². The highest BCUT2D eigenvalue weighted by Gasteiger charge is 2.16. The molecular formula is C28H31ClN4O3. The molecule has 3 rings (SSSR count). The van der Waals surface area contributed by atoms with Gasteiger partial charge in [0.05, 0.1) is 24.1 Å². The fraction of sp³-hybridized carbons (Fsp3) is 0.250. The minimum Gasteiger partial charge on any atom is -0.395 e. The Kier molecular flexibility index (Phi) is 9.76. The molecule has 8 heteroatoms. The van der Waals surface area contributed by atoms with Crippen LogP contribution in [0.15, 0.2) is 65.8 Å². The molecule has 36 heavy (non-hydrogen) atoms. The van der Waals surface area contributed by atoms with Gasteiger partial charge in [0.15, 0.2) is 0 Å². The summed E-state index contributed by atoms with van der Waals surface area (Å²) in [7, 11) is 0. The minimum absolute atomic E-state index is 0.0735. The Labute approximate surface area is 216 Å². The fourth-order valence-electron chi connectivity index (χ4n) is 3.64. The Hall–Kier alpha value is -3.52. The number of rotatable bonds is 10. The van der Waals surface area contributed by atoms with Gasteiger partial charge in [-0.1, -0.05) is 48.9 Å². The molecular weight excluding hydrogens is 476 g/mol. The van der Waals surface area contributed by atoms with Crippen LogP contribution in [0.2, 0.25) is 5.02 Å². The predicted molar refractivity (Wildman–Crippen MR) is 145 cm³/mol. The number of hydrogen-bond donors (Lipinski definition) is 3. The normalized spacial score (nSPS) is 11.2. The third-order valence-electron chi connectivity index (χ3n) is 5.84. The van der Waals surface area contributed by atoms with E-state index in [1.54, 1.807) is 30.5 Å². The molecule has 0 aliphatic heterocycles. The molecule has 0 atom stereocenters. The maximum atomic E-state index is 13.0. The summed E-state index contributed by atoms with van der Waals surface area (Å²) >= 11 is 6.13. The molecule has 2 amide bonds. The van der Waals surface area contributed by atoms with Gasteiger partial charge in [0.25, 0.3) is 11.8 Å². The molecule has 188 valence electrons. The van der Waals surface area contributed by atoms with E-state index < -0.39 is 5.91 Å². The maximum absolute atomic E-state index is 13.0. The Balaban J connectivity index is 1.73. The first kappa shape index (κ1) is 27.1. The summed E-state index contributed by atoms with van der Waals surface area (Å²) in [5.41, 5.74) is 7.60. The van der Waals surface area contributed by atoms with Crippen LogP contribution >= 0.6 is 11.6 Å². The number of hydrazone groups is 1. The number of carbonyl (C=O) groups excluding carboxylic acids is 2. The van der Waals surface area contributed by atoms with Gasteiger partial charge in [-0.25, -0.2) is 5.43 Å². The second-order valence-corrected chi connectivity index (χ2v) is 8.92. The zero-order valence-electron chi connectivity index (χ0n) is 20.7. The lowest BCUT2D eigenvalue weighted by atomic mass is 10.1. The lowest BCUT2D eigenvalue weighted by Gasteiger charge is -2.19. The van der Waals surface area contributed by atoms with Crippen molar-refractivity contribution in [2.24, 2.45) is 5.10 Å². The van der Waals surface area contributed by atoms with Crippen molar-refractivity contribution >= 4 is 35.3 Å². The molecule has 0 unspecified atom stereocenters. The number of hydrogen-bond acceptors (Lipinski definition) is 5. The number of benzene rings is 3. The van der Waals surface area contributed by atoms with Crippen molar-refractivity contribution in [3.8, 4) is 0 Å². The first-order chi connectivity index (χ1) is 17.3. The second-order valence-electron chi connectivity index (χ2n) is 8.48. The number of aliphatic hydroxyl groups is 1. The van der Waals surface area contributed by atoms with Crippen molar-refractivity contribution in [2.75, 3.05) is 25.0 Å². The standard InChI is InChI=1S/C28H31ClN4O3/c1-4-33(12-13-34)18-22-6-5-7-23(15-22)27(35)31-26-11-10-24(29)16-25(26)28(36)32-30-17-21-9-8-19(2)20(3)14-21/h5-11,14-17,34H,4,12-13,18H2,1-3H3,(H,31,35)(H,32,36)/b30-17+. The smallest absolute Gasteiger partial charge is 0.273 e. The number of carbonyl (C=O) groups is 2. The quantitative estimate of drug-likeness (QED) is 0.272. The summed E-state index contributed by atoms with van der Waals surface area (Å²) in [6.07, 6.45) is 1.56. The third-order valence-corrected chi connectivity index (χ3v) is 6.08. The van der Waals surface area contributed by atoms with E-state index in [1.165, 1.54) is 11.6 Å². The number of amides is 2. The second kappa shape index (κ2) is 13.0. The van der Waals surface area contributed by atoms with Crippen LogP contribution in [0.25, 0.3) is 0 Å². The Morgan fingerprint density at radius 1 is 1.03 bits per heavy atom. The largest absolute Gasteiger partial charge is 0.395 e. The van der Waals surface area contributed by atoms with E-state index in [2.05, 4.69) is 20.7 Å². The van der Waals surface area contributed by atoms with Crippen LogP contribution in [-0.2, 0) is 6.54 Å². The summed E-state index contributed by atoms with van der Waals surface area (Å²) in [6, 6.07) is 17.8. The van der Waals surface area contributed by atoms with Crippen LogP contribution in [-0.4, -0.2) is 47.7 Å². The number of aliphatic hydroxyl groups excluding tert-OH is 1. The van der Waals surface area contributed by atoms with Gasteiger partial charge in [-0.3, -0.25) is 14.5 Å². The lowest BCUT2D eigenvalue weighted by molar-refractivity contribution is 0.0956. The molecule has 0 bridgehead atoms. The highest BCUT2D eigenvalue weighted by molar-refractivity contribution is 6.31. The number of nitrogens with one attached hydrogen (secondary N) is 2. The number of nitrogens with zero attached hydrogens (tertiary/aromatic N) is 2. The monoisotopic (exact) mass is 506 g/mol. The van der Waals surface area contributed by atoms with E-state index in [4.69, 9.17) is 11.6 Å². The van der Waals surface area contributed by atoms with Gasteiger partial charge in [-0.15, -0.1) is 0 Å². The molecule has 0 radical (unpaired) electrons. The average molecular weight is 507 g/mol. The van der Waals surface area contributed by atoms with E-state index in [9.17, 15) is 14.7 Å². The van der Waals surface area contributed by atoms with Gasteiger partial charge >= 0.3 is 0 Å². The SMILES string of the molecule is CCN(CCO)Cc1cccc(C(=O)Nc2ccc(Cl)cc2C(=O)N/N=C/c2ccc(C)c(C)c2)c1. The summed E-state index contributed by atoms with van der Waals surface area (Å²) in [5.74, 6) is -0.846. The van der Waals surface area contributed by atoms with Gasteiger partial charge in [0.2, 0.25) is 0 Å². The molecule has 0 fully saturated rings. The van der Waals surface area contributed by atoms with Crippen molar-refractivity contribution in [3.05, 3.63) is 99.1 Å². The molecule has 0 saturated heterocycles. The van der Waals surface area contributed by atoms with E-state index >= 15 is 0 Å². The van der Waals surface area contributed by atoms with Crippen LogP contribution in [0, 0.1) is 13.8 Å². The van der Waals surface area contributed by atoms with Crippen molar-refractivity contribution in [1.82, 2.24) is 10.3 Å². The number of likely N-dealkylation sites (N-methyl/N-ethyl adjacent to an activating group) is 1. The third kappa shape index (κ3) is 7.49. The Morgan fingerprint density at radius 3 is 2.56 bits per heavy atom. The molecule has 0 heterocycles. The molecule has 3 aromatic carbocycles. The first-order valence-corrected chi connectivity index (χ1v) is 12.1. The molecule has 0 aromatic heterocycles. The summed E-state index contributed by atoms with van der Waals surface area (Å²) in [6.45, 7) is 8.09. The van der Waals surface area contributed by atoms with Crippen molar-refractivity contribution < 1.29 is 14.7 Å². The van der Waals surface area contributed by atoms with Crippen molar-refractivity contribution in [1.29, 1.82) is 0 Å². The number of anilines is 1. The van der Waals surface area contributed by atoms with Crippen LogP contribution in [0.4, 0.5) is 5.69 Å². The van der Waals surface area contributed by atoms with Gasteiger partial charge in [-0.2, -0.15) is 5.10 Å². The van der Waals surface area contributed by atoms with Crippen molar-refractivity contribution in [3.63, 3.8) is 0 Å². The van der Waals surface area contributed by atoms with Gasteiger partial charge in [0, 0.05) is 23.7 Å². The number of halogens is 1. The zero-order valence-corrected chi connectivity index (χ0v) is 21.5. The summed E-state index contributed by atoms with van der Waals surface area (Å²) in [4.78, 5) is 27.9. The van der Waals surface area contributed by atoms with E-state index in [0.717, 1.165) is 23.2 Å². The molecule has 3 aromatic rings. The number of aryl methyl sites for hydroxylation is 2. The van der Waals surface area contributed by atoms with Gasteiger partial charge in [-0.05, 0) is 73.0 Å². The van der Waals surface area contributed by atoms with Gasteiger partial charge < -0.3 is 10.4 Å². The summed E-state index contributed by atoms with van der Waals surface area (Å²) < 4.78 is 0. The topological polar surface area (TPSA) is 94.0 Å². The Morgan fingerprint density at radius 2 is 1.83 bits per heavy atom. The average Bonchev–Trinajstić information content (AvgIpc) is 2.87. The van der Waals surface area contributed by atoms with E-state index in [0.29, 0.717) is 29.4 Å². The fourth-order valence-corrected chi connectivity index (χ4v) is 3.81. The molecule has 7 nitrogen and oxygen atoms in total. The van der Waals surface area contributed by atoms with Crippen LogP contribution in [0.3, 0.4) is 0 Å². The van der Waals surface area contributed by atoms with Crippen LogP contribution in [0.5, 0.6) is 0 Å². The van der Waals surface area contributed by atoms with Crippen molar-refractivity contribution in [2.45, 2.75) is 27.3 Å². The zero-order chi connectivity index (χ0) is 26.1. The maximum Gasteiger partial charge on any atom is 0.273 e. The molecule has 0 spiro atoms. The molecule has 0 saturated carbocycles. The highest BCUT2D eigenvalue weighted by atomic mass is 35.5. The lowest BCUT2D eigenvalue weighted by Crippen LogP contribution is -2.26. The summed E-state index contributed by atoms with van der Waals surface area (Å²) in [5, 5.41) is 16.5. The molecule has 0 aliphatic rings. The van der Waals surface area contributed by atoms with Crippen LogP contribution in [0.1, 0.15) is 49.9 Å². The molecule has 3 N–H and O–H groups in total. The van der Waals surface area contributed by atoms with E-state index in [1.807, 2.05) is 51.1 Å². The molecule has 0 aliphatic carbocycles. The predicted octanol–water partition coefficient (Wildman–Crippen LogP) is 4.79.